The predicted octanol–water partition coefficient (Wildman–Crippen LogP) is 4.33. The Hall–Kier alpha value is -3.41. The number of ether oxygens (including phenoxy) is 2. The third-order valence-electron chi connectivity index (χ3n) is 5.45. The maximum absolute atomic E-state index is 11.9. The van der Waals surface area contributed by atoms with Gasteiger partial charge in [-0.25, -0.2) is 4.98 Å². The topological polar surface area (TPSA) is 85.7 Å². The Labute approximate surface area is 174 Å². The molecule has 0 bridgehead atoms. The lowest BCUT2D eigenvalue weighted by atomic mass is 10.1. The number of hydrogen-bond acceptors (Lipinski definition) is 5. The molecule has 1 saturated carbocycles. The Bertz CT molecular complexity index is 1070. The molecule has 1 aliphatic rings. The molecule has 0 radical (unpaired) electrons. The predicted molar refractivity (Wildman–Crippen MR) is 111 cm³/mol. The van der Waals surface area contributed by atoms with Gasteiger partial charge in [0.15, 0.2) is 5.41 Å². The molecule has 1 heterocycles. The van der Waals surface area contributed by atoms with E-state index in [1.165, 1.54) is 0 Å². The van der Waals surface area contributed by atoms with Crippen LogP contribution in [-0.2, 0) is 20.7 Å². The lowest BCUT2D eigenvalue weighted by molar-refractivity contribution is -0.160. The fourth-order valence-electron chi connectivity index (χ4n) is 3.34. The molecule has 1 atom stereocenters. The molecular weight excluding hydrogens is 382 g/mol. The highest BCUT2D eigenvalue weighted by atomic mass is 16.5. The van der Waals surface area contributed by atoms with Crippen LogP contribution in [0.4, 0.5) is 0 Å². The van der Waals surface area contributed by atoms with Gasteiger partial charge < -0.3 is 14.6 Å². The number of esters is 1. The van der Waals surface area contributed by atoms with Crippen molar-refractivity contribution in [3.63, 3.8) is 0 Å². The van der Waals surface area contributed by atoms with E-state index < -0.39 is 17.4 Å². The first-order valence-electron chi connectivity index (χ1n) is 10.00. The van der Waals surface area contributed by atoms with Crippen molar-refractivity contribution in [1.29, 1.82) is 0 Å². The van der Waals surface area contributed by atoms with Gasteiger partial charge in [-0.15, -0.1) is 0 Å². The fraction of sp³-hybridized carbons (Fsp3) is 0.292. The highest BCUT2D eigenvalue weighted by Gasteiger charge is 2.58. The highest BCUT2D eigenvalue weighted by molar-refractivity contribution is 6.02. The number of pyridine rings is 1. The van der Waals surface area contributed by atoms with Crippen LogP contribution in [0.3, 0.4) is 0 Å². The first-order chi connectivity index (χ1) is 14.5. The van der Waals surface area contributed by atoms with E-state index in [-0.39, 0.29) is 12.7 Å². The van der Waals surface area contributed by atoms with Crippen molar-refractivity contribution in [2.45, 2.75) is 32.3 Å². The van der Waals surface area contributed by atoms with Gasteiger partial charge in [0.1, 0.15) is 11.9 Å². The second-order valence-electron chi connectivity index (χ2n) is 7.61. The molecule has 4 rings (SSSR count). The third kappa shape index (κ3) is 4.13. The number of hydrogen-bond donors (Lipinski definition) is 1. The Morgan fingerprint density at radius 1 is 1.07 bits per heavy atom. The molecule has 0 spiro atoms. The Morgan fingerprint density at radius 3 is 2.50 bits per heavy atom. The summed E-state index contributed by atoms with van der Waals surface area (Å²) < 4.78 is 11.2. The van der Waals surface area contributed by atoms with Crippen molar-refractivity contribution in [3.05, 3.63) is 71.9 Å². The van der Waals surface area contributed by atoms with Crippen molar-refractivity contribution in [3.8, 4) is 5.75 Å². The zero-order chi connectivity index (χ0) is 21.1. The molecule has 0 aliphatic heterocycles. The van der Waals surface area contributed by atoms with E-state index >= 15 is 0 Å². The van der Waals surface area contributed by atoms with Crippen LogP contribution in [0.1, 0.15) is 37.1 Å². The molecule has 154 valence electrons. The lowest BCUT2D eigenvalue weighted by Crippen LogP contribution is -2.28. The number of carboxylic acids is 1. The van der Waals surface area contributed by atoms with Crippen molar-refractivity contribution >= 4 is 22.8 Å². The second kappa shape index (κ2) is 8.14. The number of rotatable bonds is 8. The number of aromatic nitrogens is 1. The Kier molecular flexibility index (Phi) is 5.40. The number of aliphatic carboxylic acids is 1. The molecule has 1 N–H and O–H groups in total. The summed E-state index contributed by atoms with van der Waals surface area (Å²) in [5.41, 5.74) is 1.47. The van der Waals surface area contributed by atoms with E-state index in [4.69, 9.17) is 14.6 Å². The van der Waals surface area contributed by atoms with Gasteiger partial charge in [-0.05, 0) is 49.6 Å². The Morgan fingerprint density at radius 2 is 1.80 bits per heavy atom. The van der Waals surface area contributed by atoms with Gasteiger partial charge in [0.05, 0.1) is 17.8 Å². The molecule has 2 aromatic carbocycles. The minimum Gasteiger partial charge on any atom is -0.484 e. The molecule has 3 aromatic rings. The monoisotopic (exact) mass is 405 g/mol. The molecular formula is C24H23NO5. The zero-order valence-corrected chi connectivity index (χ0v) is 16.7. The molecule has 30 heavy (non-hydrogen) atoms. The van der Waals surface area contributed by atoms with Crippen LogP contribution in [0.2, 0.25) is 0 Å². The van der Waals surface area contributed by atoms with Crippen LogP contribution >= 0.6 is 0 Å². The number of fused-ring (bicyclic) bond motifs is 1. The molecule has 1 fully saturated rings. The van der Waals surface area contributed by atoms with Crippen LogP contribution in [-0.4, -0.2) is 28.6 Å². The molecule has 6 heteroatoms. The van der Waals surface area contributed by atoms with Crippen LogP contribution in [0.15, 0.2) is 60.7 Å². The van der Waals surface area contributed by atoms with Gasteiger partial charge in [0.25, 0.3) is 0 Å². The first-order valence-corrected chi connectivity index (χ1v) is 10.00. The minimum absolute atomic E-state index is 0.158. The van der Waals surface area contributed by atoms with Crippen LogP contribution in [0.25, 0.3) is 10.9 Å². The van der Waals surface area contributed by atoms with Crippen molar-refractivity contribution in [1.82, 2.24) is 4.98 Å². The summed E-state index contributed by atoms with van der Waals surface area (Å²) in [6, 6.07) is 19.5. The number of nitrogens with zero attached hydrogens (tertiary/aromatic N) is 1. The maximum atomic E-state index is 11.9. The standard InChI is InChI=1S/C24H23NO5/c1-16(20-11-8-18-4-2-3-5-21(18)25-20)30-19-9-6-17(7-10-19)12-15-29-23(28)24(13-14-24)22(26)27/h2-11,16H,12-15H2,1H3,(H,26,27). The average Bonchev–Trinajstić information content (AvgIpc) is 3.57. The number of carbonyl (C=O) groups is 2. The SMILES string of the molecule is CC(Oc1ccc(CCOC(=O)C2(C(=O)O)CC2)cc1)c1ccc2ccccc2n1. The number of benzene rings is 2. The normalized spacial score (nSPS) is 15.4. The average molecular weight is 405 g/mol. The van der Waals surface area contributed by atoms with E-state index in [0.717, 1.165) is 27.9 Å². The molecule has 1 aromatic heterocycles. The highest BCUT2D eigenvalue weighted by Crippen LogP contribution is 2.47. The second-order valence-corrected chi connectivity index (χ2v) is 7.61. The summed E-state index contributed by atoms with van der Waals surface area (Å²) in [6.45, 7) is 2.12. The van der Waals surface area contributed by atoms with Gasteiger partial charge in [-0.1, -0.05) is 36.4 Å². The maximum Gasteiger partial charge on any atom is 0.323 e. The lowest BCUT2D eigenvalue weighted by Gasteiger charge is -2.15. The minimum atomic E-state index is -1.30. The number of para-hydroxylation sites is 1. The zero-order valence-electron chi connectivity index (χ0n) is 16.7. The molecule has 6 nitrogen and oxygen atoms in total. The van der Waals surface area contributed by atoms with Gasteiger partial charge in [-0.2, -0.15) is 0 Å². The van der Waals surface area contributed by atoms with Crippen LogP contribution < -0.4 is 4.74 Å². The van der Waals surface area contributed by atoms with Crippen molar-refractivity contribution in [2.75, 3.05) is 6.61 Å². The van der Waals surface area contributed by atoms with Crippen molar-refractivity contribution in [2.24, 2.45) is 5.41 Å². The van der Waals surface area contributed by atoms with Crippen molar-refractivity contribution < 1.29 is 24.2 Å². The molecule has 1 aliphatic carbocycles. The number of carbonyl (C=O) groups excluding carboxylic acids is 1. The van der Waals surface area contributed by atoms with E-state index in [1.807, 2.05) is 67.6 Å². The van der Waals surface area contributed by atoms with Crippen LogP contribution in [0.5, 0.6) is 5.75 Å². The van der Waals surface area contributed by atoms with E-state index in [1.54, 1.807) is 0 Å². The Balaban J connectivity index is 1.30. The number of carboxylic acid groups (broad SMARTS) is 1. The molecule has 0 saturated heterocycles. The summed E-state index contributed by atoms with van der Waals surface area (Å²) in [7, 11) is 0. The summed E-state index contributed by atoms with van der Waals surface area (Å²) >= 11 is 0. The van der Waals surface area contributed by atoms with Crippen LogP contribution in [0, 0.1) is 5.41 Å². The van der Waals surface area contributed by atoms with Gasteiger partial charge in [-0.3, -0.25) is 9.59 Å². The van der Waals surface area contributed by atoms with Gasteiger partial charge in [0.2, 0.25) is 0 Å². The summed E-state index contributed by atoms with van der Waals surface area (Å²) in [6.07, 6.45) is 1.03. The van der Waals surface area contributed by atoms with Gasteiger partial charge in [0, 0.05) is 11.8 Å². The van der Waals surface area contributed by atoms with E-state index in [9.17, 15) is 9.59 Å². The quantitative estimate of drug-likeness (QED) is 0.444. The largest absolute Gasteiger partial charge is 0.484 e. The molecule has 0 amide bonds. The summed E-state index contributed by atoms with van der Waals surface area (Å²) in [4.78, 5) is 27.7. The summed E-state index contributed by atoms with van der Waals surface area (Å²) in [5.74, 6) is -1.00. The summed E-state index contributed by atoms with van der Waals surface area (Å²) in [5, 5.41) is 10.2. The first kappa shape index (κ1) is 19.9. The molecule has 1 unspecified atom stereocenters. The van der Waals surface area contributed by atoms with E-state index in [0.29, 0.717) is 19.3 Å². The van der Waals surface area contributed by atoms with Gasteiger partial charge >= 0.3 is 11.9 Å². The third-order valence-corrected chi connectivity index (χ3v) is 5.45. The fourth-order valence-corrected chi connectivity index (χ4v) is 3.34. The van der Waals surface area contributed by atoms with E-state index in [2.05, 4.69) is 4.98 Å². The smallest absolute Gasteiger partial charge is 0.323 e.